The second-order valence-corrected chi connectivity index (χ2v) is 0.937. The van der Waals surface area contributed by atoms with Crippen LogP contribution in [0.4, 0.5) is 0 Å². The monoisotopic (exact) mass is 86.0 g/mol. The van der Waals surface area contributed by atoms with Crippen molar-refractivity contribution in [2.24, 2.45) is 0 Å². The molecule has 2 heteroatoms. The van der Waals surface area contributed by atoms with Gasteiger partial charge in [0, 0.05) is 0 Å². The molecule has 0 aromatic carbocycles. The number of aldehydes is 1. The van der Waals surface area contributed by atoms with E-state index in [-0.39, 0.29) is 12.2 Å². The summed E-state index contributed by atoms with van der Waals surface area (Å²) in [7, 11) is 0. The van der Waals surface area contributed by atoms with Gasteiger partial charge in [-0.3, -0.25) is 0 Å². The zero-order valence-corrected chi connectivity index (χ0v) is 3.35. The van der Waals surface area contributed by atoms with E-state index in [1.807, 2.05) is 0 Å². The first kappa shape index (κ1) is 5.21. The number of aliphatic hydroxyl groups excluding tert-OH is 1. The SMILES string of the molecule is C=C(O)CC=O. The third-order valence-corrected chi connectivity index (χ3v) is 0.319. The quantitative estimate of drug-likeness (QED) is 0.395. The highest BCUT2D eigenvalue weighted by molar-refractivity contribution is 5.52. The Labute approximate surface area is 36.1 Å². The van der Waals surface area contributed by atoms with Gasteiger partial charge in [-0.2, -0.15) is 0 Å². The van der Waals surface area contributed by atoms with Crippen molar-refractivity contribution in [3.63, 3.8) is 0 Å². The van der Waals surface area contributed by atoms with Crippen molar-refractivity contribution in [3.05, 3.63) is 12.3 Å². The van der Waals surface area contributed by atoms with E-state index in [0.29, 0.717) is 6.29 Å². The number of aliphatic hydroxyl groups is 1. The maximum Gasteiger partial charge on any atom is 0.127 e. The van der Waals surface area contributed by atoms with Crippen LogP contribution in [0.25, 0.3) is 0 Å². The summed E-state index contributed by atoms with van der Waals surface area (Å²) in [6.45, 7) is 3.07. The van der Waals surface area contributed by atoms with Crippen LogP contribution in [-0.2, 0) is 4.79 Å². The molecule has 0 amide bonds. The van der Waals surface area contributed by atoms with E-state index in [0.717, 1.165) is 0 Å². The molecule has 0 heterocycles. The van der Waals surface area contributed by atoms with Gasteiger partial charge in [-0.25, -0.2) is 0 Å². The van der Waals surface area contributed by atoms with E-state index in [4.69, 9.17) is 5.11 Å². The minimum absolute atomic E-state index is 0.0556. The van der Waals surface area contributed by atoms with E-state index < -0.39 is 0 Å². The van der Waals surface area contributed by atoms with Gasteiger partial charge >= 0.3 is 0 Å². The summed E-state index contributed by atoms with van der Waals surface area (Å²) in [4.78, 5) is 9.39. The summed E-state index contributed by atoms with van der Waals surface area (Å²) in [5, 5.41) is 8.13. The molecule has 34 valence electrons. The third kappa shape index (κ3) is 3.21. The highest BCUT2D eigenvalue weighted by Gasteiger charge is 1.78. The Balaban J connectivity index is 3.05. The standard InChI is InChI=1S/C4H6O2/c1-4(6)2-3-5/h3,6H,1-2H2. The highest BCUT2D eigenvalue weighted by Crippen LogP contribution is 1.82. The van der Waals surface area contributed by atoms with Crippen LogP contribution >= 0.6 is 0 Å². The molecule has 0 atom stereocenters. The van der Waals surface area contributed by atoms with Crippen LogP contribution in [0.2, 0.25) is 0 Å². The fourth-order valence-electron chi connectivity index (χ4n) is 0.0962. The van der Waals surface area contributed by atoms with Gasteiger partial charge in [0.05, 0.1) is 12.2 Å². The number of carbonyl (C=O) groups is 1. The normalized spacial score (nSPS) is 7.33. The van der Waals surface area contributed by atoms with E-state index >= 15 is 0 Å². The van der Waals surface area contributed by atoms with Gasteiger partial charge in [0.1, 0.15) is 6.29 Å². The van der Waals surface area contributed by atoms with Crippen LogP contribution in [0.3, 0.4) is 0 Å². The van der Waals surface area contributed by atoms with Crippen molar-refractivity contribution in [1.82, 2.24) is 0 Å². The van der Waals surface area contributed by atoms with Gasteiger partial charge in [0.2, 0.25) is 0 Å². The van der Waals surface area contributed by atoms with Crippen LogP contribution in [0.15, 0.2) is 12.3 Å². The second-order valence-electron chi connectivity index (χ2n) is 0.937. The van der Waals surface area contributed by atoms with Crippen molar-refractivity contribution in [3.8, 4) is 0 Å². The van der Waals surface area contributed by atoms with E-state index in [9.17, 15) is 4.79 Å². The topological polar surface area (TPSA) is 37.3 Å². The molecule has 0 unspecified atom stereocenters. The lowest BCUT2D eigenvalue weighted by Gasteiger charge is -1.79. The average Bonchev–Trinajstić information content (AvgIpc) is 1.35. The lowest BCUT2D eigenvalue weighted by Crippen LogP contribution is -1.75. The van der Waals surface area contributed by atoms with Gasteiger partial charge in [-0.15, -0.1) is 0 Å². The molecule has 0 aromatic heterocycles. The zero-order valence-electron chi connectivity index (χ0n) is 3.35. The molecule has 0 bridgehead atoms. The largest absolute Gasteiger partial charge is 0.512 e. The molecule has 0 saturated heterocycles. The maximum absolute atomic E-state index is 9.39. The van der Waals surface area contributed by atoms with E-state index in [2.05, 4.69) is 6.58 Å². The molecule has 0 rings (SSSR count). The molecule has 0 spiro atoms. The molecule has 0 aliphatic rings. The van der Waals surface area contributed by atoms with Crippen LogP contribution in [0, 0.1) is 0 Å². The number of hydrogen-bond acceptors (Lipinski definition) is 2. The summed E-state index contributed by atoms with van der Waals surface area (Å²) in [6, 6.07) is 0. The fraction of sp³-hybridized carbons (Fsp3) is 0.250. The van der Waals surface area contributed by atoms with E-state index in [1.54, 1.807) is 0 Å². The van der Waals surface area contributed by atoms with Crippen molar-refractivity contribution >= 4 is 6.29 Å². The van der Waals surface area contributed by atoms with Crippen molar-refractivity contribution in [2.45, 2.75) is 6.42 Å². The minimum atomic E-state index is -0.0787. The zero-order chi connectivity index (χ0) is 4.99. The van der Waals surface area contributed by atoms with Crippen LogP contribution in [0.1, 0.15) is 6.42 Å². The number of carbonyl (C=O) groups excluding carboxylic acids is 1. The Morgan fingerprint density at radius 2 is 2.50 bits per heavy atom. The van der Waals surface area contributed by atoms with E-state index in [1.165, 1.54) is 0 Å². The molecule has 0 aliphatic carbocycles. The summed E-state index contributed by atoms with van der Waals surface area (Å²) in [5.41, 5.74) is 0. The molecular weight excluding hydrogens is 80.0 g/mol. The number of hydrogen-bond donors (Lipinski definition) is 1. The molecule has 0 aromatic rings. The Morgan fingerprint density at radius 1 is 2.00 bits per heavy atom. The van der Waals surface area contributed by atoms with Crippen molar-refractivity contribution in [1.29, 1.82) is 0 Å². The molecule has 0 aliphatic heterocycles. The first-order valence-corrected chi connectivity index (χ1v) is 1.57. The van der Waals surface area contributed by atoms with Gasteiger partial charge in [0.15, 0.2) is 0 Å². The Hall–Kier alpha value is -0.790. The van der Waals surface area contributed by atoms with Crippen LogP contribution < -0.4 is 0 Å². The second kappa shape index (κ2) is 2.45. The van der Waals surface area contributed by atoms with Crippen molar-refractivity contribution in [2.75, 3.05) is 0 Å². The summed E-state index contributed by atoms with van der Waals surface area (Å²) < 4.78 is 0. The summed E-state index contributed by atoms with van der Waals surface area (Å²) >= 11 is 0. The Kier molecular flexibility index (Phi) is 2.13. The molecule has 0 fully saturated rings. The highest BCUT2D eigenvalue weighted by atomic mass is 16.3. The number of rotatable bonds is 2. The lowest BCUT2D eigenvalue weighted by molar-refractivity contribution is -0.107. The lowest BCUT2D eigenvalue weighted by atomic mass is 10.4. The summed E-state index contributed by atoms with van der Waals surface area (Å²) in [5.74, 6) is -0.0787. The first-order chi connectivity index (χ1) is 2.77. The average molecular weight is 86.1 g/mol. The number of allylic oxidation sites excluding steroid dienone is 1. The summed E-state index contributed by atoms with van der Waals surface area (Å²) in [6.07, 6.45) is 0.655. The molecule has 2 nitrogen and oxygen atoms in total. The predicted octanol–water partition coefficient (Wildman–Crippen LogP) is 0.647. The molecule has 6 heavy (non-hydrogen) atoms. The minimum Gasteiger partial charge on any atom is -0.512 e. The molecule has 0 radical (unpaired) electrons. The van der Waals surface area contributed by atoms with Crippen LogP contribution in [-0.4, -0.2) is 11.4 Å². The van der Waals surface area contributed by atoms with Gasteiger partial charge in [-0.1, -0.05) is 6.58 Å². The van der Waals surface area contributed by atoms with Crippen molar-refractivity contribution < 1.29 is 9.90 Å². The Morgan fingerprint density at radius 3 is 2.50 bits per heavy atom. The van der Waals surface area contributed by atoms with Gasteiger partial charge in [-0.05, 0) is 0 Å². The molecular formula is C4H6O2. The molecule has 1 N–H and O–H groups in total. The smallest absolute Gasteiger partial charge is 0.127 e. The third-order valence-electron chi connectivity index (χ3n) is 0.319. The van der Waals surface area contributed by atoms with Gasteiger partial charge in [0.25, 0.3) is 0 Å². The fourth-order valence-corrected chi connectivity index (χ4v) is 0.0962. The van der Waals surface area contributed by atoms with Crippen LogP contribution in [0.5, 0.6) is 0 Å². The predicted molar refractivity (Wildman–Crippen MR) is 22.4 cm³/mol. The van der Waals surface area contributed by atoms with Gasteiger partial charge < -0.3 is 9.90 Å². The molecule has 0 saturated carbocycles. The Bertz CT molecular complexity index is 65.9. The first-order valence-electron chi connectivity index (χ1n) is 1.57. The maximum atomic E-state index is 9.39.